The molecule has 0 unspecified atom stereocenters. The van der Waals surface area contributed by atoms with Gasteiger partial charge < -0.3 is 9.84 Å². The van der Waals surface area contributed by atoms with Crippen molar-refractivity contribution in [3.63, 3.8) is 0 Å². The number of hydrogen-bond acceptors (Lipinski definition) is 5. The first-order valence-electron chi connectivity index (χ1n) is 5.78. The maximum Gasteiger partial charge on any atom is 0.349 e. The number of halogens is 1. The number of aromatic carboxylic acids is 1. The lowest BCUT2D eigenvalue weighted by Gasteiger charge is -2.07. The molecule has 110 valence electrons. The number of nitro groups is 1. The Hall–Kier alpha value is -1.93. The molecule has 2 rings (SSSR count). The number of hydrogen-bond donors (Lipinski definition) is 1. The Morgan fingerprint density at radius 2 is 2.24 bits per heavy atom. The Labute approximate surface area is 132 Å². The molecule has 0 saturated carbocycles. The number of nitrogens with zero attached hydrogens (tertiary/aromatic N) is 1. The number of rotatable bonds is 5. The lowest BCUT2D eigenvalue weighted by Crippen LogP contribution is -2.01. The minimum absolute atomic E-state index is 0.0404. The fourth-order valence-corrected chi connectivity index (χ4v) is 3.04. The molecule has 0 amide bonds. The molecule has 1 aromatic heterocycles. The van der Waals surface area contributed by atoms with Crippen molar-refractivity contribution in [1.29, 1.82) is 0 Å². The molecule has 0 radical (unpaired) electrons. The molecular weight excluding hydrogens is 362 g/mol. The monoisotopic (exact) mass is 371 g/mol. The van der Waals surface area contributed by atoms with E-state index in [1.807, 2.05) is 0 Å². The normalized spacial score (nSPS) is 10.4. The predicted octanol–water partition coefficient (Wildman–Crippen LogP) is 4.00. The number of ether oxygens (including phenoxy) is 1. The van der Waals surface area contributed by atoms with Gasteiger partial charge in [0.05, 0.1) is 4.92 Å². The van der Waals surface area contributed by atoms with Crippen molar-refractivity contribution in [3.8, 4) is 5.75 Å². The highest BCUT2D eigenvalue weighted by Crippen LogP contribution is 2.32. The van der Waals surface area contributed by atoms with Crippen LogP contribution in [0, 0.1) is 17.0 Å². The molecule has 0 fully saturated rings. The molecule has 1 heterocycles. The van der Waals surface area contributed by atoms with Crippen LogP contribution in [-0.2, 0) is 6.61 Å². The summed E-state index contributed by atoms with van der Waals surface area (Å²) < 4.78 is 5.83. The van der Waals surface area contributed by atoms with Crippen LogP contribution in [0.4, 0.5) is 5.69 Å². The van der Waals surface area contributed by atoms with E-state index in [9.17, 15) is 14.9 Å². The molecule has 21 heavy (non-hydrogen) atoms. The van der Waals surface area contributed by atoms with Gasteiger partial charge in [-0.15, -0.1) is 11.3 Å². The molecule has 1 N–H and O–H groups in total. The maximum atomic E-state index is 11.1. The van der Waals surface area contributed by atoms with E-state index in [-0.39, 0.29) is 22.9 Å². The van der Waals surface area contributed by atoms with E-state index in [0.29, 0.717) is 10.0 Å². The van der Waals surface area contributed by atoms with Gasteiger partial charge in [-0.2, -0.15) is 0 Å². The van der Waals surface area contributed by atoms with Crippen molar-refractivity contribution in [2.24, 2.45) is 0 Å². The van der Waals surface area contributed by atoms with E-state index in [4.69, 9.17) is 9.84 Å². The van der Waals surface area contributed by atoms with Crippen molar-refractivity contribution >= 4 is 38.9 Å². The number of nitro benzene ring substituents is 1. The fourth-order valence-electron chi connectivity index (χ4n) is 1.72. The number of aryl methyl sites for hydroxylation is 1. The van der Waals surface area contributed by atoms with Crippen LogP contribution in [-0.4, -0.2) is 16.0 Å². The largest absolute Gasteiger partial charge is 0.487 e. The summed E-state index contributed by atoms with van der Waals surface area (Å²) in [5, 5.41) is 19.9. The fraction of sp³-hybridized carbons (Fsp3) is 0.154. The molecule has 8 heteroatoms. The average molecular weight is 372 g/mol. The Bertz CT molecular complexity index is 713. The molecule has 2 aromatic rings. The third-order valence-corrected chi connectivity index (χ3v) is 4.59. The van der Waals surface area contributed by atoms with Crippen LogP contribution in [0.1, 0.15) is 20.1 Å². The first kappa shape index (κ1) is 15.5. The van der Waals surface area contributed by atoms with Gasteiger partial charge in [0.2, 0.25) is 0 Å². The van der Waals surface area contributed by atoms with Crippen molar-refractivity contribution in [2.75, 3.05) is 0 Å². The minimum Gasteiger partial charge on any atom is -0.487 e. The summed E-state index contributed by atoms with van der Waals surface area (Å²) in [4.78, 5) is 22.4. The van der Waals surface area contributed by atoms with Gasteiger partial charge in [-0.25, -0.2) is 4.79 Å². The van der Waals surface area contributed by atoms with Crippen molar-refractivity contribution in [1.82, 2.24) is 0 Å². The first-order chi connectivity index (χ1) is 9.90. The summed E-state index contributed by atoms with van der Waals surface area (Å²) in [5.41, 5.74) is 0.514. The standard InChI is InChI=1S/C13H10BrNO5S/c1-7-5-10(12(21-7)13(16)17)20-6-8-3-2-4-9(11(8)14)15(18)19/h2-5H,6H2,1H3,(H,16,17). The quantitative estimate of drug-likeness (QED) is 0.633. The van der Waals surface area contributed by atoms with Crippen molar-refractivity contribution < 1.29 is 19.6 Å². The summed E-state index contributed by atoms with van der Waals surface area (Å²) >= 11 is 4.30. The van der Waals surface area contributed by atoms with Crippen molar-refractivity contribution in [3.05, 3.63) is 54.2 Å². The maximum absolute atomic E-state index is 11.1. The third kappa shape index (κ3) is 3.40. The van der Waals surface area contributed by atoms with Crippen molar-refractivity contribution in [2.45, 2.75) is 13.5 Å². The zero-order valence-electron chi connectivity index (χ0n) is 10.8. The Balaban J connectivity index is 2.23. The molecule has 0 aliphatic heterocycles. The molecule has 6 nitrogen and oxygen atoms in total. The molecule has 1 aromatic carbocycles. The summed E-state index contributed by atoms with van der Waals surface area (Å²) in [6.07, 6.45) is 0. The topological polar surface area (TPSA) is 89.7 Å². The predicted molar refractivity (Wildman–Crippen MR) is 81.1 cm³/mol. The van der Waals surface area contributed by atoms with Crippen LogP contribution in [0.25, 0.3) is 0 Å². The molecule has 0 saturated heterocycles. The van der Waals surface area contributed by atoms with Crippen LogP contribution in [0.5, 0.6) is 5.75 Å². The van der Waals surface area contributed by atoms with Gasteiger partial charge in [-0.1, -0.05) is 12.1 Å². The summed E-state index contributed by atoms with van der Waals surface area (Å²) in [6, 6.07) is 6.25. The number of thiophene rings is 1. The summed E-state index contributed by atoms with van der Waals surface area (Å²) in [5.74, 6) is -0.787. The zero-order chi connectivity index (χ0) is 15.6. The minimum atomic E-state index is -1.05. The molecule has 0 atom stereocenters. The summed E-state index contributed by atoms with van der Waals surface area (Å²) in [6.45, 7) is 1.83. The van der Waals surface area contributed by atoms with Gasteiger partial charge >= 0.3 is 5.97 Å². The Morgan fingerprint density at radius 3 is 2.86 bits per heavy atom. The Morgan fingerprint density at radius 1 is 1.52 bits per heavy atom. The van der Waals surface area contributed by atoms with Gasteiger partial charge in [-0.3, -0.25) is 10.1 Å². The molecular formula is C13H10BrNO5S. The first-order valence-corrected chi connectivity index (χ1v) is 7.39. The van der Waals surface area contributed by atoms with E-state index in [0.717, 1.165) is 16.2 Å². The van der Waals surface area contributed by atoms with Gasteiger partial charge in [0.15, 0.2) is 4.88 Å². The van der Waals surface area contributed by atoms with E-state index in [1.165, 1.54) is 6.07 Å². The lowest BCUT2D eigenvalue weighted by molar-refractivity contribution is -0.385. The van der Waals surface area contributed by atoms with Crippen LogP contribution in [0.3, 0.4) is 0 Å². The second-order valence-electron chi connectivity index (χ2n) is 4.15. The second kappa shape index (κ2) is 6.23. The van der Waals surface area contributed by atoms with E-state index < -0.39 is 10.9 Å². The SMILES string of the molecule is Cc1cc(OCc2cccc([N+](=O)[O-])c2Br)c(C(=O)O)s1. The van der Waals surface area contributed by atoms with Crippen LogP contribution in [0.2, 0.25) is 0 Å². The number of carboxylic acids is 1. The van der Waals surface area contributed by atoms with Gasteiger partial charge in [0.25, 0.3) is 5.69 Å². The van der Waals surface area contributed by atoms with Crippen LogP contribution < -0.4 is 4.74 Å². The third-order valence-electron chi connectivity index (χ3n) is 2.65. The van der Waals surface area contributed by atoms with E-state index in [2.05, 4.69) is 15.9 Å². The van der Waals surface area contributed by atoms with Gasteiger partial charge in [-0.05, 0) is 28.9 Å². The highest BCUT2D eigenvalue weighted by atomic mass is 79.9. The number of carbonyl (C=O) groups is 1. The zero-order valence-corrected chi connectivity index (χ0v) is 13.2. The van der Waals surface area contributed by atoms with E-state index in [1.54, 1.807) is 25.1 Å². The molecule has 0 aliphatic carbocycles. The molecule has 0 aliphatic rings. The van der Waals surface area contributed by atoms with Gasteiger partial charge in [0, 0.05) is 16.5 Å². The number of carboxylic acid groups (broad SMARTS) is 1. The second-order valence-corrected chi connectivity index (χ2v) is 6.20. The highest BCUT2D eigenvalue weighted by Gasteiger charge is 2.18. The van der Waals surface area contributed by atoms with Crippen LogP contribution in [0.15, 0.2) is 28.7 Å². The average Bonchev–Trinajstić information content (AvgIpc) is 2.78. The summed E-state index contributed by atoms with van der Waals surface area (Å²) in [7, 11) is 0. The highest BCUT2D eigenvalue weighted by molar-refractivity contribution is 9.10. The van der Waals surface area contributed by atoms with E-state index >= 15 is 0 Å². The number of benzene rings is 1. The molecule has 0 spiro atoms. The molecule has 0 bridgehead atoms. The van der Waals surface area contributed by atoms with Gasteiger partial charge in [0.1, 0.15) is 16.8 Å². The lowest BCUT2D eigenvalue weighted by atomic mass is 10.2. The smallest absolute Gasteiger partial charge is 0.349 e. The Kier molecular flexibility index (Phi) is 4.59. The van der Waals surface area contributed by atoms with Crippen LogP contribution >= 0.6 is 27.3 Å².